The van der Waals surface area contributed by atoms with E-state index >= 15 is 0 Å². The molecule has 2 radical (unpaired) electrons. The van der Waals surface area contributed by atoms with Crippen LogP contribution in [0.5, 0.6) is 6.01 Å². The number of likely N-dealkylation sites (N-methyl/N-ethyl adjacent to an activating group) is 1. The minimum absolute atomic E-state index is 0.146. The second kappa shape index (κ2) is 12.6. The first-order valence-corrected chi connectivity index (χ1v) is 14.1. The van der Waals surface area contributed by atoms with Gasteiger partial charge in [0.25, 0.3) is 0 Å². The monoisotopic (exact) mass is 588 g/mol. The Morgan fingerprint density at radius 2 is 2.05 bits per heavy atom. The van der Waals surface area contributed by atoms with Crippen LogP contribution in [0.3, 0.4) is 0 Å². The summed E-state index contributed by atoms with van der Waals surface area (Å²) in [6, 6.07) is 9.35. The fraction of sp³-hybridized carbons (Fsp3) is 0.481. The first-order chi connectivity index (χ1) is 17.8. The van der Waals surface area contributed by atoms with E-state index in [9.17, 15) is 4.39 Å². The van der Waals surface area contributed by atoms with E-state index in [-0.39, 0.29) is 5.02 Å². The Balaban J connectivity index is 0.000000342. The SMILES string of the molecule is CN1CCCC([As])C1.COc1nc2c(c(N(C)CCN)n1)CCN(c1cccc3ccc(F)c(Cl)c13)C2. The smallest absolute Gasteiger partial charge is 0.318 e. The molecule has 0 spiro atoms. The molecule has 0 aliphatic carbocycles. The Kier molecular flexibility index (Phi) is 9.51. The molecule has 1 atom stereocenters. The summed E-state index contributed by atoms with van der Waals surface area (Å²) in [5.74, 6) is 0.428. The van der Waals surface area contributed by atoms with Crippen molar-refractivity contribution in [3.05, 3.63) is 52.4 Å². The van der Waals surface area contributed by atoms with E-state index in [4.69, 9.17) is 22.1 Å². The van der Waals surface area contributed by atoms with Crippen LogP contribution in [0.4, 0.5) is 15.9 Å². The van der Waals surface area contributed by atoms with E-state index in [0.717, 1.165) is 51.2 Å². The number of nitrogens with zero attached hydrogens (tertiary/aromatic N) is 5. The van der Waals surface area contributed by atoms with Gasteiger partial charge in [0.2, 0.25) is 0 Å². The number of likely N-dealkylation sites (tertiary alicyclic amines) is 1. The van der Waals surface area contributed by atoms with Gasteiger partial charge in [-0.15, -0.1) is 0 Å². The molecule has 198 valence electrons. The number of ether oxygens (including phenoxy) is 1. The van der Waals surface area contributed by atoms with Crippen LogP contribution in [0.15, 0.2) is 30.3 Å². The zero-order chi connectivity index (χ0) is 26.5. The zero-order valence-corrected chi connectivity index (χ0v) is 24.4. The molecule has 2 N–H and O–H groups in total. The van der Waals surface area contributed by atoms with Gasteiger partial charge in [-0.1, -0.05) is 29.8 Å². The van der Waals surface area contributed by atoms with Gasteiger partial charge in [0, 0.05) is 43.3 Å². The minimum Gasteiger partial charge on any atom is -0.467 e. The third kappa shape index (κ3) is 6.48. The maximum Gasteiger partial charge on any atom is 0.318 e. The van der Waals surface area contributed by atoms with Crippen LogP contribution in [-0.2, 0) is 13.0 Å². The second-order valence-corrected chi connectivity index (χ2v) is 11.5. The Bertz CT molecular complexity index is 1220. The van der Waals surface area contributed by atoms with Crippen molar-refractivity contribution in [3.8, 4) is 6.01 Å². The molecule has 2 aliphatic heterocycles. The summed E-state index contributed by atoms with van der Waals surface area (Å²) < 4.78 is 20.3. The molecule has 1 aromatic heterocycles. The summed E-state index contributed by atoms with van der Waals surface area (Å²) in [4.78, 5) is 15.7. The molecule has 1 fully saturated rings. The summed E-state index contributed by atoms with van der Waals surface area (Å²) in [5.41, 5.74) is 8.61. The van der Waals surface area contributed by atoms with Crippen molar-refractivity contribution in [1.82, 2.24) is 14.9 Å². The topological polar surface area (TPSA) is 70.8 Å². The van der Waals surface area contributed by atoms with Crippen molar-refractivity contribution in [2.24, 2.45) is 5.73 Å². The fourth-order valence-electron chi connectivity index (χ4n) is 4.99. The van der Waals surface area contributed by atoms with E-state index < -0.39 is 5.82 Å². The van der Waals surface area contributed by atoms with Crippen molar-refractivity contribution in [2.75, 3.05) is 63.7 Å². The standard InChI is InChI=1S/C21H23ClFN5O.C6H12AsN/c1-27(11-9-24)20-14-8-10-28(12-16(14)25-21(26-20)29-2)17-5-3-4-13-6-7-15(23)19(22)18(13)17;1-8-4-2-3-6(7)5-8/h3-7H,8-12,24H2,1-2H3;6H,2-5H2,1H3. The summed E-state index contributed by atoms with van der Waals surface area (Å²) >= 11 is 9.08. The Morgan fingerprint density at radius 3 is 2.73 bits per heavy atom. The first-order valence-electron chi connectivity index (χ1n) is 12.7. The number of benzene rings is 2. The number of methoxy groups -OCH3 is 1. The van der Waals surface area contributed by atoms with Crippen LogP contribution >= 0.6 is 11.6 Å². The molecule has 37 heavy (non-hydrogen) atoms. The van der Waals surface area contributed by atoms with Gasteiger partial charge in [-0.25, -0.2) is 4.39 Å². The van der Waals surface area contributed by atoms with Gasteiger partial charge < -0.3 is 20.3 Å². The maximum atomic E-state index is 14.1. The molecule has 0 saturated carbocycles. The number of halogens is 2. The van der Waals surface area contributed by atoms with Gasteiger partial charge in [0.1, 0.15) is 11.6 Å². The molecular weight excluding hydrogens is 554 g/mol. The zero-order valence-electron chi connectivity index (χ0n) is 21.8. The van der Waals surface area contributed by atoms with Crippen molar-refractivity contribution in [2.45, 2.75) is 30.5 Å². The van der Waals surface area contributed by atoms with Crippen LogP contribution in [0.2, 0.25) is 9.73 Å². The number of nitrogens with two attached hydrogens (primary N) is 1. The largest absolute Gasteiger partial charge is 0.467 e. The average Bonchev–Trinajstić information content (AvgIpc) is 2.90. The van der Waals surface area contributed by atoms with Crippen LogP contribution in [0.25, 0.3) is 10.8 Å². The Morgan fingerprint density at radius 1 is 1.24 bits per heavy atom. The van der Waals surface area contributed by atoms with Gasteiger partial charge in [0.05, 0.1) is 24.4 Å². The number of fused-ring (bicyclic) bond motifs is 2. The number of rotatable bonds is 5. The molecular formula is C27H35AsClFN6O. The van der Waals surface area contributed by atoms with E-state index in [0.29, 0.717) is 25.6 Å². The Labute approximate surface area is 232 Å². The quantitative estimate of drug-likeness (QED) is 0.451. The molecule has 10 heteroatoms. The van der Waals surface area contributed by atoms with Crippen LogP contribution in [0.1, 0.15) is 24.1 Å². The molecule has 5 rings (SSSR count). The van der Waals surface area contributed by atoms with Crippen molar-refractivity contribution in [3.63, 3.8) is 0 Å². The van der Waals surface area contributed by atoms with Gasteiger partial charge >= 0.3 is 65.4 Å². The van der Waals surface area contributed by atoms with Crippen molar-refractivity contribution in [1.29, 1.82) is 0 Å². The van der Waals surface area contributed by atoms with E-state index in [1.165, 1.54) is 32.0 Å². The Hall–Kier alpha value is -2.12. The molecule has 7 nitrogen and oxygen atoms in total. The molecule has 2 aromatic carbocycles. The molecule has 1 saturated heterocycles. The summed E-state index contributed by atoms with van der Waals surface area (Å²) in [7, 11) is 5.72. The predicted octanol–water partition coefficient (Wildman–Crippen LogP) is 4.06. The maximum absolute atomic E-state index is 14.1. The molecule has 3 heterocycles. The minimum atomic E-state index is -0.418. The van der Waals surface area contributed by atoms with Crippen molar-refractivity contribution >= 4 is 50.7 Å². The predicted molar refractivity (Wildman–Crippen MR) is 151 cm³/mol. The van der Waals surface area contributed by atoms with Gasteiger partial charge in [0.15, 0.2) is 0 Å². The third-order valence-corrected chi connectivity index (χ3v) is 8.14. The van der Waals surface area contributed by atoms with E-state index in [2.05, 4.69) is 43.7 Å². The molecule has 0 amide bonds. The first kappa shape index (κ1) is 27.9. The summed E-state index contributed by atoms with van der Waals surface area (Å²) in [6.07, 6.45) is 3.55. The van der Waals surface area contributed by atoms with E-state index in [1.54, 1.807) is 13.2 Å². The summed E-state index contributed by atoms with van der Waals surface area (Å²) in [6.45, 7) is 5.11. The fourth-order valence-corrected chi connectivity index (χ4v) is 6.23. The van der Waals surface area contributed by atoms with Crippen LogP contribution < -0.4 is 20.3 Å². The normalized spacial score (nSPS) is 17.7. The van der Waals surface area contributed by atoms with Crippen molar-refractivity contribution < 1.29 is 9.13 Å². The number of hydrogen-bond acceptors (Lipinski definition) is 7. The van der Waals surface area contributed by atoms with Crippen LogP contribution in [-0.4, -0.2) is 85.6 Å². The second-order valence-electron chi connectivity index (χ2n) is 9.64. The van der Waals surface area contributed by atoms with Crippen LogP contribution in [0, 0.1) is 5.82 Å². The molecule has 1 unspecified atom stereocenters. The average molecular weight is 589 g/mol. The van der Waals surface area contributed by atoms with Gasteiger partial charge in [-0.05, 0) is 23.9 Å². The van der Waals surface area contributed by atoms with Gasteiger partial charge in [-0.2, -0.15) is 9.97 Å². The number of hydrogen-bond donors (Lipinski definition) is 1. The third-order valence-electron chi connectivity index (χ3n) is 6.88. The molecule has 2 aliphatic rings. The van der Waals surface area contributed by atoms with E-state index in [1.807, 2.05) is 30.1 Å². The van der Waals surface area contributed by atoms with Gasteiger partial charge in [-0.3, -0.25) is 0 Å². The summed E-state index contributed by atoms with van der Waals surface area (Å²) in [5, 5.41) is 1.77. The molecule has 0 bridgehead atoms. The number of piperidine rings is 1. The number of anilines is 2. The molecule has 3 aromatic rings. The number of aromatic nitrogens is 2.